The van der Waals surface area contributed by atoms with Gasteiger partial charge in [-0.3, -0.25) is 10.1 Å². The summed E-state index contributed by atoms with van der Waals surface area (Å²) in [5.41, 5.74) is 4.27. The van der Waals surface area contributed by atoms with Crippen LogP contribution in [0.1, 0.15) is 31.5 Å². The third-order valence-electron chi connectivity index (χ3n) is 3.70. The predicted molar refractivity (Wildman–Crippen MR) is 86.9 cm³/mol. The van der Waals surface area contributed by atoms with E-state index in [1.165, 1.54) is 17.7 Å². The van der Waals surface area contributed by atoms with Gasteiger partial charge in [0.1, 0.15) is 11.2 Å². The summed E-state index contributed by atoms with van der Waals surface area (Å²) < 4.78 is 2.12. The Morgan fingerprint density at radius 3 is 2.50 bits per heavy atom. The number of aromatic nitrogens is 4. The van der Waals surface area contributed by atoms with Gasteiger partial charge >= 0.3 is 0 Å². The molecule has 0 bridgehead atoms. The Morgan fingerprint density at radius 2 is 1.91 bits per heavy atom. The maximum absolute atomic E-state index is 12.6. The van der Waals surface area contributed by atoms with Crippen LogP contribution in [0.15, 0.2) is 18.5 Å². The predicted octanol–water partition coefficient (Wildman–Crippen LogP) is 3.14. The quantitative estimate of drug-likeness (QED) is 0.779. The number of aryl methyl sites for hydroxylation is 3. The van der Waals surface area contributed by atoms with Crippen molar-refractivity contribution < 1.29 is 4.79 Å². The number of amides is 1. The number of anilines is 1. The van der Waals surface area contributed by atoms with Crippen LogP contribution in [0, 0.1) is 27.7 Å². The monoisotopic (exact) mass is 315 g/mol. The van der Waals surface area contributed by atoms with E-state index >= 15 is 0 Å². The van der Waals surface area contributed by atoms with Crippen molar-refractivity contribution in [2.24, 2.45) is 0 Å². The summed E-state index contributed by atoms with van der Waals surface area (Å²) in [5.74, 6) is 0.168. The van der Waals surface area contributed by atoms with E-state index in [0.717, 1.165) is 27.5 Å². The molecule has 3 aromatic heterocycles. The second-order valence-electron chi connectivity index (χ2n) is 5.20. The molecule has 0 saturated heterocycles. The molecule has 1 amide bonds. The number of nitrogens with one attached hydrogen (secondary N) is 2. The molecule has 7 heteroatoms. The Kier molecular flexibility index (Phi) is 3.58. The van der Waals surface area contributed by atoms with Gasteiger partial charge in [-0.1, -0.05) is 0 Å². The molecule has 0 aliphatic carbocycles. The number of hydrogen-bond donors (Lipinski definition) is 2. The average molecular weight is 315 g/mol. The van der Waals surface area contributed by atoms with Gasteiger partial charge in [-0.05, 0) is 45.4 Å². The summed E-state index contributed by atoms with van der Waals surface area (Å²) in [5, 5.41) is 9.13. The molecule has 0 saturated carbocycles. The van der Waals surface area contributed by atoms with Crippen molar-refractivity contribution in [2.75, 3.05) is 5.32 Å². The highest BCUT2D eigenvalue weighted by atomic mass is 32.1. The lowest BCUT2D eigenvalue weighted by molar-refractivity contribution is 0.102. The summed E-state index contributed by atoms with van der Waals surface area (Å²) in [6, 6.07) is 4.11. The summed E-state index contributed by atoms with van der Waals surface area (Å²) in [6.45, 7) is 8.16. The molecule has 0 unspecified atom stereocenters. The molecule has 3 rings (SSSR count). The lowest BCUT2D eigenvalue weighted by Gasteiger charge is -2.12. The second-order valence-corrected chi connectivity index (χ2v) is 6.43. The van der Waals surface area contributed by atoms with E-state index in [2.05, 4.69) is 37.2 Å². The zero-order valence-electron chi connectivity index (χ0n) is 12.9. The second kappa shape index (κ2) is 5.42. The number of hydrogen-bond acceptors (Lipinski definition) is 4. The van der Waals surface area contributed by atoms with Gasteiger partial charge in [0.25, 0.3) is 5.91 Å². The summed E-state index contributed by atoms with van der Waals surface area (Å²) in [4.78, 5) is 18.4. The molecule has 0 spiro atoms. The van der Waals surface area contributed by atoms with Crippen LogP contribution < -0.4 is 5.32 Å². The Balaban J connectivity index is 2.09. The van der Waals surface area contributed by atoms with Crippen LogP contribution in [0.2, 0.25) is 0 Å². The Hall–Kier alpha value is -2.41. The van der Waals surface area contributed by atoms with Crippen LogP contribution in [0.5, 0.6) is 0 Å². The Bertz CT molecular complexity index is 809. The van der Waals surface area contributed by atoms with Gasteiger partial charge in [-0.25, -0.2) is 5.10 Å². The number of rotatable bonds is 3. The van der Waals surface area contributed by atoms with E-state index in [-0.39, 0.29) is 5.91 Å². The van der Waals surface area contributed by atoms with Crippen molar-refractivity contribution in [3.05, 3.63) is 45.2 Å². The van der Waals surface area contributed by atoms with Crippen LogP contribution in [0.3, 0.4) is 0 Å². The first-order chi connectivity index (χ1) is 10.5. The van der Waals surface area contributed by atoms with Crippen LogP contribution in [0.25, 0.3) is 5.69 Å². The maximum atomic E-state index is 12.6. The smallest absolute Gasteiger partial charge is 0.270 e. The van der Waals surface area contributed by atoms with Crippen molar-refractivity contribution >= 4 is 23.2 Å². The van der Waals surface area contributed by atoms with E-state index in [9.17, 15) is 4.79 Å². The first-order valence-electron chi connectivity index (χ1n) is 6.91. The lowest BCUT2D eigenvalue weighted by atomic mass is 10.2. The van der Waals surface area contributed by atoms with Crippen LogP contribution in [-0.4, -0.2) is 25.7 Å². The van der Waals surface area contributed by atoms with E-state index in [4.69, 9.17) is 0 Å². The van der Waals surface area contributed by atoms with Crippen molar-refractivity contribution in [2.45, 2.75) is 27.7 Å². The molecule has 0 fully saturated rings. The molecule has 0 aromatic carbocycles. The van der Waals surface area contributed by atoms with Crippen LogP contribution >= 0.6 is 11.3 Å². The standard InChI is InChI=1S/C15H17N5OS/c1-8-5-6-9(2)20(8)12-10(3)11(4)22-13(12)14(21)18-15-16-7-17-19-15/h5-7H,1-4H3,(H2,16,17,18,19,21). The van der Waals surface area contributed by atoms with Crippen molar-refractivity contribution in [1.82, 2.24) is 19.7 Å². The maximum Gasteiger partial charge on any atom is 0.270 e. The molecule has 22 heavy (non-hydrogen) atoms. The van der Waals surface area contributed by atoms with E-state index in [1.54, 1.807) is 0 Å². The van der Waals surface area contributed by atoms with Crippen LogP contribution in [0.4, 0.5) is 5.95 Å². The number of thiophene rings is 1. The molecule has 0 aliphatic heterocycles. The van der Waals surface area contributed by atoms with Crippen molar-refractivity contribution in [3.8, 4) is 5.69 Å². The number of H-pyrrole nitrogens is 1. The molecule has 3 aromatic rings. The lowest BCUT2D eigenvalue weighted by Crippen LogP contribution is -2.15. The number of carbonyl (C=O) groups excluding carboxylic acids is 1. The third-order valence-corrected chi connectivity index (χ3v) is 4.90. The first-order valence-corrected chi connectivity index (χ1v) is 7.72. The minimum Gasteiger partial charge on any atom is -0.317 e. The molecule has 3 heterocycles. The summed E-state index contributed by atoms with van der Waals surface area (Å²) >= 11 is 1.49. The minimum absolute atomic E-state index is 0.180. The van der Waals surface area contributed by atoms with Crippen LogP contribution in [-0.2, 0) is 0 Å². The van der Waals surface area contributed by atoms with E-state index in [1.807, 2.05) is 27.7 Å². The highest BCUT2D eigenvalue weighted by molar-refractivity contribution is 7.14. The highest BCUT2D eigenvalue weighted by Crippen LogP contribution is 2.33. The highest BCUT2D eigenvalue weighted by Gasteiger charge is 2.22. The van der Waals surface area contributed by atoms with Gasteiger partial charge in [0.2, 0.25) is 5.95 Å². The molecular weight excluding hydrogens is 298 g/mol. The molecule has 0 atom stereocenters. The van der Waals surface area contributed by atoms with Gasteiger partial charge in [0, 0.05) is 16.3 Å². The number of carbonyl (C=O) groups is 1. The van der Waals surface area contributed by atoms with Gasteiger partial charge in [0.05, 0.1) is 5.69 Å². The third kappa shape index (κ3) is 2.33. The summed E-state index contributed by atoms with van der Waals surface area (Å²) in [6.07, 6.45) is 1.36. The Labute approximate surface area is 132 Å². The van der Waals surface area contributed by atoms with Gasteiger partial charge < -0.3 is 4.57 Å². The molecular formula is C15H17N5OS. The van der Waals surface area contributed by atoms with Gasteiger partial charge in [-0.15, -0.1) is 11.3 Å². The Morgan fingerprint density at radius 1 is 1.23 bits per heavy atom. The fraction of sp³-hybridized carbons (Fsp3) is 0.267. The van der Waals surface area contributed by atoms with E-state index < -0.39 is 0 Å². The average Bonchev–Trinajstić information content (AvgIpc) is 3.15. The fourth-order valence-electron chi connectivity index (χ4n) is 2.49. The van der Waals surface area contributed by atoms with Gasteiger partial charge in [-0.2, -0.15) is 10.1 Å². The molecule has 2 N–H and O–H groups in total. The zero-order valence-corrected chi connectivity index (χ0v) is 13.7. The number of aromatic amines is 1. The zero-order chi connectivity index (χ0) is 15.9. The summed E-state index contributed by atoms with van der Waals surface area (Å²) in [7, 11) is 0. The normalized spacial score (nSPS) is 10.9. The first kappa shape index (κ1) is 14.5. The fourth-order valence-corrected chi connectivity index (χ4v) is 3.53. The SMILES string of the molecule is Cc1sc(C(=O)Nc2ncn[nH]2)c(-n2c(C)ccc2C)c1C. The van der Waals surface area contributed by atoms with E-state index in [0.29, 0.717) is 10.8 Å². The van der Waals surface area contributed by atoms with Crippen molar-refractivity contribution in [1.29, 1.82) is 0 Å². The number of nitrogens with zero attached hydrogens (tertiary/aromatic N) is 3. The largest absolute Gasteiger partial charge is 0.317 e. The molecule has 0 radical (unpaired) electrons. The topological polar surface area (TPSA) is 75.6 Å². The van der Waals surface area contributed by atoms with Crippen molar-refractivity contribution in [3.63, 3.8) is 0 Å². The molecule has 0 aliphatic rings. The van der Waals surface area contributed by atoms with Gasteiger partial charge in [0.15, 0.2) is 0 Å². The molecule has 6 nitrogen and oxygen atoms in total. The molecule has 114 valence electrons. The minimum atomic E-state index is -0.180.